The van der Waals surface area contributed by atoms with Crippen LogP contribution >= 0.6 is 15.9 Å². The van der Waals surface area contributed by atoms with Crippen molar-refractivity contribution >= 4 is 21.6 Å². The first-order valence-corrected chi connectivity index (χ1v) is 8.78. The minimum atomic E-state index is 0.677. The van der Waals surface area contributed by atoms with Crippen LogP contribution in [0.2, 0.25) is 0 Å². The summed E-state index contributed by atoms with van der Waals surface area (Å²) in [5.41, 5.74) is 2.70. The average Bonchev–Trinajstić information content (AvgIpc) is 2.51. The van der Waals surface area contributed by atoms with Crippen molar-refractivity contribution in [1.82, 2.24) is 5.32 Å². The lowest BCUT2D eigenvalue weighted by atomic mass is 9.83. The van der Waals surface area contributed by atoms with Crippen molar-refractivity contribution in [2.75, 3.05) is 24.5 Å². The third-order valence-electron chi connectivity index (χ3n) is 4.94. The fourth-order valence-corrected chi connectivity index (χ4v) is 4.24. The van der Waals surface area contributed by atoms with Gasteiger partial charge in [0.2, 0.25) is 0 Å². The van der Waals surface area contributed by atoms with E-state index in [1.54, 1.807) is 0 Å². The summed E-state index contributed by atoms with van der Waals surface area (Å²) in [4.78, 5) is 2.56. The lowest BCUT2D eigenvalue weighted by molar-refractivity contribution is 0.257. The molecule has 1 aromatic carbocycles. The topological polar surface area (TPSA) is 15.3 Å². The normalized spacial score (nSPS) is 24.9. The average molecular weight is 337 g/mol. The van der Waals surface area contributed by atoms with Crippen molar-refractivity contribution in [2.45, 2.75) is 45.1 Å². The molecule has 3 rings (SSSR count). The van der Waals surface area contributed by atoms with Gasteiger partial charge in [0.1, 0.15) is 0 Å². The number of halogens is 1. The third kappa shape index (κ3) is 3.04. The van der Waals surface area contributed by atoms with Gasteiger partial charge in [-0.05, 0) is 53.2 Å². The molecule has 0 aromatic heterocycles. The van der Waals surface area contributed by atoms with Gasteiger partial charge in [0.05, 0.1) is 5.69 Å². The Morgan fingerprint density at radius 1 is 1.20 bits per heavy atom. The van der Waals surface area contributed by atoms with Gasteiger partial charge < -0.3 is 10.2 Å². The molecule has 0 bridgehead atoms. The van der Waals surface area contributed by atoms with E-state index in [2.05, 4.69) is 51.3 Å². The number of rotatable bonds is 2. The lowest BCUT2D eigenvalue weighted by Crippen LogP contribution is -2.54. The third-order valence-corrected chi connectivity index (χ3v) is 5.97. The molecule has 1 aromatic rings. The molecule has 20 heavy (non-hydrogen) atoms. The summed E-state index contributed by atoms with van der Waals surface area (Å²) in [5, 5.41) is 3.77. The highest BCUT2D eigenvalue weighted by atomic mass is 79.9. The molecule has 0 spiro atoms. The van der Waals surface area contributed by atoms with Gasteiger partial charge in [-0.25, -0.2) is 0 Å². The van der Waals surface area contributed by atoms with Crippen molar-refractivity contribution < 1.29 is 0 Å². The molecule has 1 atom stereocenters. The Bertz CT molecular complexity index is 454. The molecule has 2 fully saturated rings. The number of anilines is 1. The van der Waals surface area contributed by atoms with E-state index in [-0.39, 0.29) is 0 Å². The number of benzene rings is 1. The fourth-order valence-electron chi connectivity index (χ4n) is 3.73. The minimum Gasteiger partial charge on any atom is -0.368 e. The van der Waals surface area contributed by atoms with Crippen LogP contribution in [-0.4, -0.2) is 25.7 Å². The van der Waals surface area contributed by atoms with E-state index in [9.17, 15) is 0 Å². The van der Waals surface area contributed by atoms with Crippen molar-refractivity contribution in [3.8, 4) is 0 Å². The minimum absolute atomic E-state index is 0.677. The quantitative estimate of drug-likeness (QED) is 0.873. The van der Waals surface area contributed by atoms with Crippen LogP contribution in [0.1, 0.15) is 37.7 Å². The first kappa shape index (κ1) is 14.4. The fraction of sp³-hybridized carbons (Fsp3) is 0.647. The van der Waals surface area contributed by atoms with Crippen LogP contribution < -0.4 is 10.2 Å². The Hall–Kier alpha value is -0.540. The van der Waals surface area contributed by atoms with Gasteiger partial charge in [0.25, 0.3) is 0 Å². The standard InChI is InChI=1S/C17H25BrN2/c1-13-6-5-9-16(17(13)18)20-11-10-19-15(12-20)14-7-3-2-4-8-14/h5-6,9,14-15,19H,2-4,7-8,10-12H2,1H3. The Morgan fingerprint density at radius 3 is 2.80 bits per heavy atom. The molecular formula is C17H25BrN2. The predicted molar refractivity (Wildman–Crippen MR) is 89.5 cm³/mol. The van der Waals surface area contributed by atoms with Gasteiger partial charge in [-0.3, -0.25) is 0 Å². The van der Waals surface area contributed by atoms with Crippen molar-refractivity contribution in [1.29, 1.82) is 0 Å². The van der Waals surface area contributed by atoms with Gasteiger partial charge in [-0.1, -0.05) is 31.4 Å². The lowest BCUT2D eigenvalue weighted by Gasteiger charge is -2.40. The molecule has 1 saturated heterocycles. The zero-order valence-corrected chi connectivity index (χ0v) is 14.0. The maximum Gasteiger partial charge on any atom is 0.0514 e. The van der Waals surface area contributed by atoms with E-state index in [0.717, 1.165) is 25.6 Å². The highest BCUT2D eigenvalue weighted by Crippen LogP contribution is 2.32. The number of aryl methyl sites for hydroxylation is 1. The summed E-state index contributed by atoms with van der Waals surface area (Å²) in [6.45, 7) is 5.56. The monoisotopic (exact) mass is 336 g/mol. The maximum atomic E-state index is 3.77. The molecule has 0 amide bonds. The van der Waals surface area contributed by atoms with Gasteiger partial charge in [0, 0.05) is 30.1 Å². The van der Waals surface area contributed by atoms with Gasteiger partial charge in [-0.15, -0.1) is 0 Å². The molecule has 0 radical (unpaired) electrons. The zero-order valence-electron chi connectivity index (χ0n) is 12.4. The number of nitrogens with one attached hydrogen (secondary N) is 1. The predicted octanol–water partition coefficient (Wildman–Crippen LogP) is 4.12. The molecule has 1 N–H and O–H groups in total. The van der Waals surface area contributed by atoms with Gasteiger partial charge >= 0.3 is 0 Å². The van der Waals surface area contributed by atoms with Crippen LogP contribution in [-0.2, 0) is 0 Å². The molecule has 2 nitrogen and oxygen atoms in total. The van der Waals surface area contributed by atoms with E-state index < -0.39 is 0 Å². The molecule has 1 aliphatic heterocycles. The van der Waals surface area contributed by atoms with Crippen LogP contribution in [0.3, 0.4) is 0 Å². The molecule has 3 heteroatoms. The SMILES string of the molecule is Cc1cccc(N2CCNC(C3CCCCC3)C2)c1Br. The molecule has 1 saturated carbocycles. The Kier molecular flexibility index (Phi) is 4.67. The summed E-state index contributed by atoms with van der Waals surface area (Å²) in [5.74, 6) is 0.884. The molecule has 1 heterocycles. The highest BCUT2D eigenvalue weighted by Gasteiger charge is 2.28. The first-order chi connectivity index (χ1) is 9.75. The molecular weight excluding hydrogens is 312 g/mol. The first-order valence-electron chi connectivity index (χ1n) is 7.99. The second-order valence-electron chi connectivity index (χ2n) is 6.31. The van der Waals surface area contributed by atoms with E-state index in [1.165, 1.54) is 47.8 Å². The Morgan fingerprint density at radius 2 is 2.00 bits per heavy atom. The summed E-state index contributed by atoms with van der Waals surface area (Å²) < 4.78 is 1.27. The smallest absolute Gasteiger partial charge is 0.0514 e. The summed E-state index contributed by atoms with van der Waals surface area (Å²) >= 11 is 3.77. The summed E-state index contributed by atoms with van der Waals surface area (Å²) in [6, 6.07) is 7.28. The molecule has 1 aliphatic carbocycles. The molecule has 2 aliphatic rings. The van der Waals surface area contributed by atoms with E-state index in [4.69, 9.17) is 0 Å². The maximum absolute atomic E-state index is 3.77. The van der Waals surface area contributed by atoms with Crippen LogP contribution in [0.4, 0.5) is 5.69 Å². The van der Waals surface area contributed by atoms with Gasteiger partial charge in [-0.2, -0.15) is 0 Å². The van der Waals surface area contributed by atoms with E-state index in [1.807, 2.05) is 0 Å². The van der Waals surface area contributed by atoms with Crippen LogP contribution in [0, 0.1) is 12.8 Å². The zero-order chi connectivity index (χ0) is 13.9. The number of hydrogen-bond acceptors (Lipinski definition) is 2. The van der Waals surface area contributed by atoms with Crippen LogP contribution in [0.15, 0.2) is 22.7 Å². The summed E-state index contributed by atoms with van der Waals surface area (Å²) in [6.07, 6.45) is 7.13. The van der Waals surface area contributed by atoms with E-state index >= 15 is 0 Å². The largest absolute Gasteiger partial charge is 0.368 e. The van der Waals surface area contributed by atoms with Crippen LogP contribution in [0.5, 0.6) is 0 Å². The van der Waals surface area contributed by atoms with Crippen molar-refractivity contribution in [3.63, 3.8) is 0 Å². The van der Waals surface area contributed by atoms with Crippen molar-refractivity contribution in [3.05, 3.63) is 28.2 Å². The Balaban J connectivity index is 1.72. The van der Waals surface area contributed by atoms with E-state index in [0.29, 0.717) is 6.04 Å². The number of hydrogen-bond donors (Lipinski definition) is 1. The second-order valence-corrected chi connectivity index (χ2v) is 7.11. The second kappa shape index (κ2) is 6.48. The van der Waals surface area contributed by atoms with Gasteiger partial charge in [0.15, 0.2) is 0 Å². The summed E-state index contributed by atoms with van der Waals surface area (Å²) in [7, 11) is 0. The van der Waals surface area contributed by atoms with Crippen molar-refractivity contribution in [2.24, 2.45) is 5.92 Å². The number of nitrogens with zero attached hydrogens (tertiary/aromatic N) is 1. The Labute approximate surface area is 131 Å². The molecule has 110 valence electrons. The molecule has 1 unspecified atom stereocenters. The number of piperazine rings is 1. The highest BCUT2D eigenvalue weighted by molar-refractivity contribution is 9.10. The van der Waals surface area contributed by atoms with Crippen LogP contribution in [0.25, 0.3) is 0 Å².